The van der Waals surface area contributed by atoms with Crippen LogP contribution in [0.2, 0.25) is 5.02 Å². The lowest BCUT2D eigenvalue weighted by Crippen LogP contribution is -2.30. The summed E-state index contributed by atoms with van der Waals surface area (Å²) < 4.78 is 33.4. The van der Waals surface area contributed by atoms with Gasteiger partial charge in [-0.1, -0.05) is 11.6 Å². The molecule has 0 bridgehead atoms. The molecule has 19 heavy (non-hydrogen) atoms. The fraction of sp³-hybridized carbons (Fsp3) is 0.500. The van der Waals surface area contributed by atoms with Gasteiger partial charge in [0.2, 0.25) is 0 Å². The molecular formula is C12H18ClNO4S. The monoisotopic (exact) mass is 307 g/mol. The van der Waals surface area contributed by atoms with Crippen molar-refractivity contribution in [2.24, 2.45) is 5.73 Å². The van der Waals surface area contributed by atoms with Crippen molar-refractivity contribution in [1.82, 2.24) is 0 Å². The summed E-state index contributed by atoms with van der Waals surface area (Å²) in [5.41, 5.74) is 6.54. The van der Waals surface area contributed by atoms with Gasteiger partial charge in [0.05, 0.1) is 19.5 Å². The summed E-state index contributed by atoms with van der Waals surface area (Å²) in [5, 5.41) is -0.468. The number of nitrogens with two attached hydrogens (primary N) is 1. The van der Waals surface area contributed by atoms with Crippen LogP contribution in [0.4, 0.5) is 0 Å². The van der Waals surface area contributed by atoms with Gasteiger partial charge in [-0.3, -0.25) is 0 Å². The summed E-state index contributed by atoms with van der Waals surface area (Å²) in [7, 11) is -0.327. The Bertz CT molecular complexity index is 559. The van der Waals surface area contributed by atoms with E-state index in [-0.39, 0.29) is 5.02 Å². The van der Waals surface area contributed by atoms with Gasteiger partial charge in [-0.15, -0.1) is 0 Å². The third-order valence-electron chi connectivity index (χ3n) is 3.06. The van der Waals surface area contributed by atoms with Crippen LogP contribution in [0.15, 0.2) is 12.1 Å². The van der Waals surface area contributed by atoms with Crippen molar-refractivity contribution in [1.29, 1.82) is 0 Å². The van der Waals surface area contributed by atoms with E-state index >= 15 is 0 Å². The second-order valence-electron chi connectivity index (χ2n) is 4.26. The Hall–Kier alpha value is -0.980. The van der Waals surface area contributed by atoms with Gasteiger partial charge in [-0.25, -0.2) is 8.42 Å². The summed E-state index contributed by atoms with van der Waals surface area (Å²) in [4.78, 5) is 0. The SMILES string of the molecule is COc1ccc(C(N)C(C)S(C)(=O)=O)c(OC)c1Cl. The molecule has 0 amide bonds. The number of halogens is 1. The molecule has 5 nitrogen and oxygen atoms in total. The molecule has 0 fully saturated rings. The van der Waals surface area contributed by atoms with Gasteiger partial charge in [-0.05, 0) is 19.1 Å². The molecule has 108 valence electrons. The summed E-state index contributed by atoms with van der Waals surface area (Å²) in [5.74, 6) is 0.783. The molecule has 2 atom stereocenters. The minimum Gasteiger partial charge on any atom is -0.495 e. The third kappa shape index (κ3) is 3.32. The van der Waals surface area contributed by atoms with Crippen LogP contribution in [0.1, 0.15) is 18.5 Å². The number of hydrogen-bond donors (Lipinski definition) is 1. The third-order valence-corrected chi connectivity index (χ3v) is 5.06. The Morgan fingerprint density at radius 1 is 1.26 bits per heavy atom. The maximum absolute atomic E-state index is 11.6. The predicted molar refractivity (Wildman–Crippen MR) is 75.8 cm³/mol. The lowest BCUT2D eigenvalue weighted by atomic mass is 10.0. The second-order valence-corrected chi connectivity index (χ2v) is 7.05. The zero-order valence-electron chi connectivity index (χ0n) is 11.3. The first-order valence-corrected chi connectivity index (χ1v) is 7.92. The van der Waals surface area contributed by atoms with E-state index in [0.29, 0.717) is 17.1 Å². The van der Waals surface area contributed by atoms with Crippen LogP contribution in [0.5, 0.6) is 11.5 Å². The molecular weight excluding hydrogens is 290 g/mol. The van der Waals surface area contributed by atoms with Crippen LogP contribution in [0, 0.1) is 0 Å². The number of sulfone groups is 1. The minimum absolute atomic E-state index is 0.277. The van der Waals surface area contributed by atoms with Gasteiger partial charge in [0.15, 0.2) is 9.84 Å². The van der Waals surface area contributed by atoms with Crippen molar-refractivity contribution in [2.75, 3.05) is 20.5 Å². The summed E-state index contributed by atoms with van der Waals surface area (Å²) >= 11 is 6.12. The molecule has 0 aromatic heterocycles. The maximum atomic E-state index is 11.6. The molecule has 7 heteroatoms. The number of ether oxygens (including phenoxy) is 2. The molecule has 0 aliphatic carbocycles. The number of methoxy groups -OCH3 is 2. The zero-order valence-corrected chi connectivity index (χ0v) is 12.9. The average Bonchev–Trinajstić information content (AvgIpc) is 2.35. The summed E-state index contributed by atoms with van der Waals surface area (Å²) in [6, 6.07) is 2.57. The van der Waals surface area contributed by atoms with E-state index in [0.717, 1.165) is 6.26 Å². The van der Waals surface area contributed by atoms with Gasteiger partial charge in [0, 0.05) is 17.9 Å². The van der Waals surface area contributed by atoms with Crippen LogP contribution in [-0.4, -0.2) is 34.1 Å². The molecule has 0 spiro atoms. The van der Waals surface area contributed by atoms with Gasteiger partial charge in [-0.2, -0.15) is 0 Å². The zero-order chi connectivity index (χ0) is 14.8. The number of benzene rings is 1. The Kier molecular flexibility index (Phi) is 5.06. The van der Waals surface area contributed by atoms with Gasteiger partial charge in [0.1, 0.15) is 16.5 Å². The lowest BCUT2D eigenvalue weighted by molar-refractivity contribution is 0.388. The quantitative estimate of drug-likeness (QED) is 0.897. The van der Waals surface area contributed by atoms with Gasteiger partial charge in [0.25, 0.3) is 0 Å². The van der Waals surface area contributed by atoms with Crippen molar-refractivity contribution in [2.45, 2.75) is 18.2 Å². The molecule has 2 N–H and O–H groups in total. The Labute approximate surface area is 118 Å². The molecule has 1 aromatic rings. The Balaban J connectivity index is 3.32. The fourth-order valence-corrected chi connectivity index (χ4v) is 2.71. The van der Waals surface area contributed by atoms with Crippen LogP contribution in [0.25, 0.3) is 0 Å². The highest BCUT2D eigenvalue weighted by Gasteiger charge is 2.28. The number of hydrogen-bond acceptors (Lipinski definition) is 5. The molecule has 0 saturated carbocycles. The first kappa shape index (κ1) is 16.1. The normalized spacial score (nSPS) is 14.8. The first-order valence-electron chi connectivity index (χ1n) is 5.58. The van der Waals surface area contributed by atoms with Crippen molar-refractivity contribution in [3.63, 3.8) is 0 Å². The summed E-state index contributed by atoms with van der Waals surface area (Å²) in [6.07, 6.45) is 1.15. The number of rotatable bonds is 5. The van der Waals surface area contributed by atoms with Crippen molar-refractivity contribution in [3.8, 4) is 11.5 Å². The lowest BCUT2D eigenvalue weighted by Gasteiger charge is -2.22. The van der Waals surface area contributed by atoms with E-state index in [1.165, 1.54) is 14.2 Å². The largest absolute Gasteiger partial charge is 0.495 e. The topological polar surface area (TPSA) is 78.6 Å². The minimum atomic E-state index is -3.26. The highest BCUT2D eigenvalue weighted by atomic mass is 35.5. The van der Waals surface area contributed by atoms with E-state index in [2.05, 4.69) is 0 Å². The van der Waals surface area contributed by atoms with E-state index < -0.39 is 21.1 Å². The van der Waals surface area contributed by atoms with E-state index in [4.69, 9.17) is 26.8 Å². The molecule has 2 unspecified atom stereocenters. The maximum Gasteiger partial charge on any atom is 0.151 e. The molecule has 0 saturated heterocycles. The van der Waals surface area contributed by atoms with Gasteiger partial charge >= 0.3 is 0 Å². The predicted octanol–water partition coefficient (Wildman–Crippen LogP) is 1.79. The highest BCUT2D eigenvalue weighted by Crippen LogP contribution is 2.40. The van der Waals surface area contributed by atoms with E-state index in [1.807, 2.05) is 0 Å². The smallest absolute Gasteiger partial charge is 0.151 e. The Morgan fingerprint density at radius 3 is 2.26 bits per heavy atom. The standard InChI is InChI=1S/C12H18ClNO4S/c1-7(19(4,15)16)11(14)8-5-6-9(17-2)10(13)12(8)18-3/h5-7,11H,14H2,1-4H3. The molecule has 0 radical (unpaired) electrons. The van der Waals surface area contributed by atoms with Crippen LogP contribution < -0.4 is 15.2 Å². The molecule has 0 aliphatic heterocycles. The second kappa shape index (κ2) is 5.98. The van der Waals surface area contributed by atoms with Crippen molar-refractivity contribution < 1.29 is 17.9 Å². The molecule has 0 aliphatic rings. The van der Waals surface area contributed by atoms with Crippen LogP contribution in [0.3, 0.4) is 0 Å². The van der Waals surface area contributed by atoms with Crippen molar-refractivity contribution >= 4 is 21.4 Å². The van der Waals surface area contributed by atoms with Crippen LogP contribution in [-0.2, 0) is 9.84 Å². The van der Waals surface area contributed by atoms with Crippen LogP contribution >= 0.6 is 11.6 Å². The highest BCUT2D eigenvalue weighted by molar-refractivity contribution is 7.91. The van der Waals surface area contributed by atoms with E-state index in [9.17, 15) is 8.42 Å². The van der Waals surface area contributed by atoms with Crippen molar-refractivity contribution in [3.05, 3.63) is 22.7 Å². The van der Waals surface area contributed by atoms with E-state index in [1.54, 1.807) is 19.1 Å². The van der Waals surface area contributed by atoms with Gasteiger partial charge < -0.3 is 15.2 Å². The molecule has 1 rings (SSSR count). The molecule has 0 heterocycles. The molecule has 1 aromatic carbocycles. The first-order chi connectivity index (χ1) is 8.73. The average molecular weight is 308 g/mol. The Morgan fingerprint density at radius 2 is 1.84 bits per heavy atom. The fourth-order valence-electron chi connectivity index (χ4n) is 1.70. The summed E-state index contributed by atoms with van der Waals surface area (Å²) in [6.45, 7) is 1.55.